The molecule has 1 spiro atoms. The van der Waals surface area contributed by atoms with Gasteiger partial charge in [0.25, 0.3) is 0 Å². The van der Waals surface area contributed by atoms with E-state index in [0.29, 0.717) is 18.4 Å². The molecule has 1 aromatic carbocycles. The SMILES string of the molecule is CC(C)C[C@H](CO)N1C(=O)[C@@H]2[C@H]3C(=O)O[C@@H](c4ccccc4)CNC(=O)CC/C=C\CN(C(C)(C)C)C(=O)[C@@H]1[C@]21C=C[C@H]3O1. The number of allylic oxidation sites excluding steroid dienone is 1. The number of carbonyl (C=O) groups is 4. The number of carbonyl (C=O) groups excluding carboxylic acids is 4. The van der Waals surface area contributed by atoms with Crippen molar-refractivity contribution in [3.8, 4) is 0 Å². The van der Waals surface area contributed by atoms with Gasteiger partial charge in [-0.15, -0.1) is 0 Å². The molecule has 0 radical (unpaired) electrons. The molecule has 0 aliphatic carbocycles. The molecule has 2 N–H and O–H groups in total. The predicted molar refractivity (Wildman–Crippen MR) is 163 cm³/mol. The molecule has 4 aliphatic rings. The molecule has 0 saturated carbocycles. The largest absolute Gasteiger partial charge is 0.455 e. The van der Waals surface area contributed by atoms with Crippen molar-refractivity contribution in [2.75, 3.05) is 19.7 Å². The monoisotopic (exact) mass is 607 g/mol. The van der Waals surface area contributed by atoms with Gasteiger partial charge in [0.1, 0.15) is 23.7 Å². The third-order valence-electron chi connectivity index (χ3n) is 9.15. The molecule has 5 rings (SSSR count). The van der Waals surface area contributed by atoms with Crippen LogP contribution in [0, 0.1) is 17.8 Å². The van der Waals surface area contributed by atoms with Crippen molar-refractivity contribution in [2.24, 2.45) is 17.8 Å². The molecule has 4 heterocycles. The number of amides is 3. The minimum absolute atomic E-state index is 0.0716. The first-order valence-electron chi connectivity index (χ1n) is 15.7. The second-order valence-electron chi connectivity index (χ2n) is 13.7. The summed E-state index contributed by atoms with van der Waals surface area (Å²) in [5, 5.41) is 13.4. The number of esters is 1. The third-order valence-corrected chi connectivity index (χ3v) is 9.15. The number of likely N-dealkylation sites (tertiary alicyclic amines) is 1. The van der Waals surface area contributed by atoms with Gasteiger partial charge in [0.15, 0.2) is 0 Å². The zero-order valence-electron chi connectivity index (χ0n) is 26.3. The van der Waals surface area contributed by atoms with Crippen LogP contribution in [0.1, 0.15) is 65.5 Å². The molecular weight excluding hydrogens is 562 g/mol. The summed E-state index contributed by atoms with van der Waals surface area (Å²) in [7, 11) is 0. The second kappa shape index (κ2) is 12.5. The van der Waals surface area contributed by atoms with E-state index in [1.165, 1.54) is 4.90 Å². The first-order valence-corrected chi connectivity index (χ1v) is 15.7. The van der Waals surface area contributed by atoms with Gasteiger partial charge in [-0.3, -0.25) is 19.2 Å². The molecule has 44 heavy (non-hydrogen) atoms. The highest BCUT2D eigenvalue weighted by molar-refractivity contribution is 5.99. The lowest BCUT2D eigenvalue weighted by Gasteiger charge is -2.43. The highest BCUT2D eigenvalue weighted by atomic mass is 16.6. The summed E-state index contributed by atoms with van der Waals surface area (Å²) >= 11 is 0. The summed E-state index contributed by atoms with van der Waals surface area (Å²) in [5.41, 5.74) is -1.30. The Morgan fingerprint density at radius 1 is 1.07 bits per heavy atom. The number of nitrogens with zero attached hydrogens (tertiary/aromatic N) is 2. The molecular formula is C34H45N3O7. The summed E-state index contributed by atoms with van der Waals surface area (Å²) in [5.74, 6) is -3.38. The molecule has 7 atom stereocenters. The van der Waals surface area contributed by atoms with Crippen LogP contribution < -0.4 is 5.32 Å². The number of benzene rings is 1. The topological polar surface area (TPSA) is 125 Å². The first-order chi connectivity index (χ1) is 20.9. The Kier molecular flexibility index (Phi) is 9.05. The van der Waals surface area contributed by atoms with E-state index >= 15 is 0 Å². The molecule has 0 unspecified atom stereocenters. The van der Waals surface area contributed by atoms with E-state index in [1.807, 2.05) is 77.1 Å². The number of hydrogen-bond acceptors (Lipinski definition) is 7. The van der Waals surface area contributed by atoms with Gasteiger partial charge in [0.2, 0.25) is 17.7 Å². The number of aliphatic hydroxyl groups excluding tert-OH is 1. The van der Waals surface area contributed by atoms with Crippen LogP contribution in [0.5, 0.6) is 0 Å². The zero-order chi connectivity index (χ0) is 31.8. The highest BCUT2D eigenvalue weighted by Crippen LogP contribution is 2.56. The van der Waals surface area contributed by atoms with Gasteiger partial charge in [0.05, 0.1) is 31.2 Å². The molecule has 2 saturated heterocycles. The fourth-order valence-corrected chi connectivity index (χ4v) is 7.13. The molecule has 10 heteroatoms. The van der Waals surface area contributed by atoms with E-state index in [0.717, 1.165) is 0 Å². The van der Waals surface area contributed by atoms with E-state index in [4.69, 9.17) is 9.47 Å². The fourth-order valence-electron chi connectivity index (χ4n) is 7.13. The van der Waals surface area contributed by atoms with E-state index in [9.17, 15) is 24.3 Å². The van der Waals surface area contributed by atoms with Crippen LogP contribution in [-0.2, 0) is 28.7 Å². The van der Waals surface area contributed by atoms with Crippen molar-refractivity contribution in [1.29, 1.82) is 0 Å². The summed E-state index contributed by atoms with van der Waals surface area (Å²) in [6.07, 6.45) is 6.91. The maximum Gasteiger partial charge on any atom is 0.313 e. The van der Waals surface area contributed by atoms with Gasteiger partial charge >= 0.3 is 5.97 Å². The van der Waals surface area contributed by atoms with E-state index in [1.54, 1.807) is 17.1 Å². The van der Waals surface area contributed by atoms with Gasteiger partial charge in [-0.2, -0.15) is 0 Å². The lowest BCUT2D eigenvalue weighted by Crippen LogP contribution is -2.61. The van der Waals surface area contributed by atoms with Crippen LogP contribution >= 0.6 is 0 Å². The highest BCUT2D eigenvalue weighted by Gasteiger charge is 2.74. The van der Waals surface area contributed by atoms with E-state index in [2.05, 4.69) is 5.32 Å². The minimum atomic E-state index is -1.38. The number of rotatable bonds is 5. The number of aliphatic hydroxyl groups is 1. The van der Waals surface area contributed by atoms with Crippen LogP contribution in [0.25, 0.3) is 0 Å². The predicted octanol–water partition coefficient (Wildman–Crippen LogP) is 2.92. The lowest BCUT2D eigenvalue weighted by molar-refractivity contribution is -0.161. The van der Waals surface area contributed by atoms with Crippen LogP contribution in [0.15, 0.2) is 54.6 Å². The maximum absolute atomic E-state index is 14.7. The van der Waals surface area contributed by atoms with Gasteiger partial charge in [0, 0.05) is 18.5 Å². The summed E-state index contributed by atoms with van der Waals surface area (Å²) in [4.78, 5) is 59.2. The van der Waals surface area contributed by atoms with Crippen molar-refractivity contribution in [3.05, 3.63) is 60.2 Å². The lowest BCUT2D eigenvalue weighted by atomic mass is 9.74. The standard InChI is InChI=1S/C34H45N3O7/c1-21(2)18-23(20-38)37-29-31(41)36(33(3,4)5)17-11-7-10-14-26(39)35-19-25(22-12-8-6-9-13-22)43-32(42)27-24-15-16-34(29,44-24)28(27)30(37)40/h6-9,11-13,15-16,21,23-25,27-29,38H,10,14,17-20H2,1-5H3,(H,35,39)/b11-7-/t23-,24-,25-,27+,28+,29-,34+/m1/s1. The number of fused-ring (bicyclic) bond motifs is 2. The van der Waals surface area contributed by atoms with Crippen molar-refractivity contribution in [1.82, 2.24) is 15.1 Å². The van der Waals surface area contributed by atoms with Crippen molar-refractivity contribution < 1.29 is 33.8 Å². The third kappa shape index (κ3) is 5.81. The van der Waals surface area contributed by atoms with Crippen LogP contribution in [0.3, 0.4) is 0 Å². The molecule has 238 valence electrons. The average Bonchev–Trinajstić information content (AvgIpc) is 3.62. The number of hydrogen-bond donors (Lipinski definition) is 2. The second-order valence-corrected chi connectivity index (χ2v) is 13.7. The van der Waals surface area contributed by atoms with Crippen molar-refractivity contribution in [2.45, 2.75) is 89.3 Å². The summed E-state index contributed by atoms with van der Waals surface area (Å²) in [6.45, 7) is 9.78. The molecule has 3 amide bonds. The molecule has 0 aromatic heterocycles. The molecule has 1 aromatic rings. The van der Waals surface area contributed by atoms with Crippen LogP contribution in [-0.4, -0.2) is 87.6 Å². The fraction of sp³-hybridized carbons (Fsp3) is 0.588. The van der Waals surface area contributed by atoms with Gasteiger partial charge in [-0.25, -0.2) is 0 Å². The van der Waals surface area contributed by atoms with Gasteiger partial charge in [-0.05, 0) is 45.1 Å². The van der Waals surface area contributed by atoms with Crippen molar-refractivity contribution in [3.63, 3.8) is 0 Å². The van der Waals surface area contributed by atoms with E-state index < -0.39 is 59.1 Å². The quantitative estimate of drug-likeness (QED) is 0.390. The van der Waals surface area contributed by atoms with Crippen LogP contribution in [0.4, 0.5) is 0 Å². The smallest absolute Gasteiger partial charge is 0.313 e. The number of cyclic esters (lactones) is 1. The molecule has 4 aliphatic heterocycles. The first kappa shape index (κ1) is 31.9. The Labute approximate surface area is 259 Å². The van der Waals surface area contributed by atoms with Crippen molar-refractivity contribution >= 4 is 23.7 Å². The Balaban J connectivity index is 1.61. The van der Waals surface area contributed by atoms with Gasteiger partial charge < -0.3 is 29.7 Å². The summed E-state index contributed by atoms with van der Waals surface area (Å²) < 4.78 is 12.6. The molecule has 5 bridgehead atoms. The minimum Gasteiger partial charge on any atom is -0.455 e. The maximum atomic E-state index is 14.7. The number of ether oxygens (including phenoxy) is 2. The average molecular weight is 608 g/mol. The normalized spacial score (nSPS) is 32.6. The Hall–Kier alpha value is -3.50. The Morgan fingerprint density at radius 3 is 2.45 bits per heavy atom. The Morgan fingerprint density at radius 2 is 1.80 bits per heavy atom. The number of nitrogens with one attached hydrogen (secondary N) is 1. The van der Waals surface area contributed by atoms with E-state index in [-0.39, 0.29) is 43.8 Å². The van der Waals surface area contributed by atoms with Gasteiger partial charge in [-0.1, -0.05) is 68.5 Å². The van der Waals surface area contributed by atoms with Crippen LogP contribution in [0.2, 0.25) is 0 Å². The zero-order valence-corrected chi connectivity index (χ0v) is 26.3. The Bertz CT molecular complexity index is 1320. The molecule has 10 nitrogen and oxygen atoms in total. The molecule has 2 fully saturated rings. The summed E-state index contributed by atoms with van der Waals surface area (Å²) in [6, 6.07) is 7.44.